The number of ether oxygens (including phenoxy) is 1. The highest BCUT2D eigenvalue weighted by atomic mass is 79.9. The Balaban J connectivity index is 2.47. The summed E-state index contributed by atoms with van der Waals surface area (Å²) >= 11 is 21.3. The van der Waals surface area contributed by atoms with Crippen molar-refractivity contribution >= 4 is 57.0 Å². The Morgan fingerprint density at radius 2 is 1.79 bits per heavy atom. The molecule has 0 bridgehead atoms. The molecule has 0 fully saturated rings. The van der Waals surface area contributed by atoms with Gasteiger partial charge in [0.15, 0.2) is 12.0 Å². The molecule has 0 N–H and O–H groups in total. The Bertz CT molecular complexity index is 644. The molecule has 0 spiro atoms. The number of rotatable bonds is 3. The highest BCUT2D eigenvalue weighted by molar-refractivity contribution is 9.10. The molecule has 0 saturated carbocycles. The topological polar surface area (TPSA) is 26.3 Å². The fourth-order valence-corrected chi connectivity index (χ4v) is 2.47. The zero-order valence-corrected chi connectivity index (χ0v) is 13.1. The highest BCUT2D eigenvalue weighted by Crippen LogP contribution is 2.39. The van der Waals surface area contributed by atoms with Crippen LogP contribution < -0.4 is 4.74 Å². The molecule has 0 aliphatic rings. The van der Waals surface area contributed by atoms with Crippen molar-refractivity contribution in [1.29, 1.82) is 0 Å². The van der Waals surface area contributed by atoms with Gasteiger partial charge in [-0.25, -0.2) is 0 Å². The number of hydrogen-bond donors (Lipinski definition) is 0. The summed E-state index contributed by atoms with van der Waals surface area (Å²) in [6.45, 7) is 0. The quantitative estimate of drug-likeness (QED) is 0.481. The largest absolute Gasteiger partial charge is 0.453 e. The van der Waals surface area contributed by atoms with Crippen molar-refractivity contribution in [3.63, 3.8) is 0 Å². The van der Waals surface area contributed by atoms with Gasteiger partial charge in [0, 0.05) is 10.5 Å². The fourth-order valence-electron chi connectivity index (χ4n) is 1.42. The maximum absolute atomic E-state index is 11.0. The number of aldehydes is 1. The van der Waals surface area contributed by atoms with Crippen LogP contribution in [0.1, 0.15) is 10.4 Å². The van der Waals surface area contributed by atoms with E-state index in [1.54, 1.807) is 30.3 Å². The first-order valence-electron chi connectivity index (χ1n) is 5.09. The van der Waals surface area contributed by atoms with Crippen LogP contribution in [0.25, 0.3) is 0 Å². The summed E-state index contributed by atoms with van der Waals surface area (Å²) in [6, 6.07) is 8.04. The van der Waals surface area contributed by atoms with E-state index in [-0.39, 0.29) is 5.75 Å². The second-order valence-electron chi connectivity index (χ2n) is 3.57. The van der Waals surface area contributed by atoms with Gasteiger partial charge in [0.05, 0.1) is 20.6 Å². The molecular formula is C13H6BrCl3O2. The number of benzene rings is 2. The van der Waals surface area contributed by atoms with Crippen molar-refractivity contribution in [3.8, 4) is 11.5 Å². The lowest BCUT2D eigenvalue weighted by molar-refractivity contribution is 0.112. The number of carbonyl (C=O) groups excluding carboxylic acids is 1. The van der Waals surface area contributed by atoms with Gasteiger partial charge in [-0.05, 0) is 34.1 Å². The molecule has 2 nitrogen and oxygen atoms in total. The summed E-state index contributed by atoms with van der Waals surface area (Å²) in [5, 5.41) is 1.12. The molecule has 0 amide bonds. The van der Waals surface area contributed by atoms with E-state index in [4.69, 9.17) is 39.5 Å². The zero-order valence-electron chi connectivity index (χ0n) is 9.29. The Morgan fingerprint density at radius 3 is 2.47 bits per heavy atom. The van der Waals surface area contributed by atoms with E-state index < -0.39 is 0 Å². The van der Waals surface area contributed by atoms with Gasteiger partial charge in [0.1, 0.15) is 5.75 Å². The molecule has 0 radical (unpaired) electrons. The summed E-state index contributed by atoms with van der Waals surface area (Å²) in [4.78, 5) is 11.0. The molecule has 0 aliphatic carbocycles. The van der Waals surface area contributed by atoms with Crippen LogP contribution in [0.3, 0.4) is 0 Å². The maximum atomic E-state index is 11.0. The average molecular weight is 380 g/mol. The van der Waals surface area contributed by atoms with E-state index in [9.17, 15) is 4.79 Å². The van der Waals surface area contributed by atoms with Crippen LogP contribution >= 0.6 is 50.7 Å². The van der Waals surface area contributed by atoms with Gasteiger partial charge >= 0.3 is 0 Å². The van der Waals surface area contributed by atoms with Gasteiger partial charge in [0.25, 0.3) is 0 Å². The van der Waals surface area contributed by atoms with Crippen LogP contribution in [0, 0.1) is 0 Å². The molecule has 0 saturated heterocycles. The maximum Gasteiger partial charge on any atom is 0.156 e. The molecule has 0 unspecified atom stereocenters. The third-order valence-electron chi connectivity index (χ3n) is 2.31. The van der Waals surface area contributed by atoms with Crippen molar-refractivity contribution in [2.24, 2.45) is 0 Å². The van der Waals surface area contributed by atoms with Crippen LogP contribution in [0.4, 0.5) is 0 Å². The lowest BCUT2D eigenvalue weighted by Gasteiger charge is -2.12. The molecule has 2 aromatic carbocycles. The second-order valence-corrected chi connectivity index (χ2v) is 5.65. The standard InChI is InChI=1S/C13H6BrCl3O2/c14-8-4-11(17)12(5-10(8)16)19-13-7(6-18)2-1-3-9(13)15/h1-6H. The molecule has 0 aliphatic heterocycles. The van der Waals surface area contributed by atoms with Gasteiger partial charge in [-0.2, -0.15) is 0 Å². The lowest BCUT2D eigenvalue weighted by atomic mass is 10.2. The molecule has 98 valence electrons. The van der Waals surface area contributed by atoms with Crippen LogP contribution in [-0.4, -0.2) is 6.29 Å². The van der Waals surface area contributed by atoms with Gasteiger partial charge in [0.2, 0.25) is 0 Å². The summed E-state index contributed by atoms with van der Waals surface area (Å²) in [6.07, 6.45) is 0.662. The number of para-hydroxylation sites is 1. The minimum Gasteiger partial charge on any atom is -0.453 e. The van der Waals surface area contributed by atoms with Crippen LogP contribution in [0.2, 0.25) is 15.1 Å². The molecule has 0 heterocycles. The molecule has 0 aromatic heterocycles. The van der Waals surface area contributed by atoms with Crippen LogP contribution in [-0.2, 0) is 0 Å². The minimum absolute atomic E-state index is 0.249. The molecule has 0 atom stereocenters. The van der Waals surface area contributed by atoms with E-state index in [1.165, 1.54) is 0 Å². The summed E-state index contributed by atoms with van der Waals surface area (Å²) in [5.74, 6) is 0.575. The average Bonchev–Trinajstić information content (AvgIpc) is 2.38. The molecule has 6 heteroatoms. The summed E-state index contributed by atoms with van der Waals surface area (Å²) in [7, 11) is 0. The molecule has 2 aromatic rings. The number of hydrogen-bond acceptors (Lipinski definition) is 2. The third kappa shape index (κ3) is 3.23. The smallest absolute Gasteiger partial charge is 0.156 e. The van der Waals surface area contributed by atoms with Crippen molar-refractivity contribution in [3.05, 3.63) is 55.4 Å². The molecule has 19 heavy (non-hydrogen) atoms. The Morgan fingerprint density at radius 1 is 1.05 bits per heavy atom. The second kappa shape index (κ2) is 6.14. The molecular weight excluding hydrogens is 374 g/mol. The Hall–Kier alpha value is -0.740. The van der Waals surface area contributed by atoms with Gasteiger partial charge < -0.3 is 4.74 Å². The van der Waals surface area contributed by atoms with E-state index in [0.717, 1.165) is 0 Å². The van der Waals surface area contributed by atoms with E-state index in [1.807, 2.05) is 0 Å². The first-order chi connectivity index (χ1) is 9.02. The van der Waals surface area contributed by atoms with Crippen LogP contribution in [0.5, 0.6) is 11.5 Å². The van der Waals surface area contributed by atoms with Gasteiger partial charge in [-0.15, -0.1) is 0 Å². The van der Waals surface area contributed by atoms with Crippen molar-refractivity contribution in [1.82, 2.24) is 0 Å². The first kappa shape index (κ1) is 14.7. The minimum atomic E-state index is 0.249. The summed E-state index contributed by atoms with van der Waals surface area (Å²) in [5.41, 5.74) is 0.336. The predicted molar refractivity (Wildman–Crippen MR) is 81.1 cm³/mol. The van der Waals surface area contributed by atoms with E-state index in [0.29, 0.717) is 37.1 Å². The SMILES string of the molecule is O=Cc1cccc(Cl)c1Oc1cc(Cl)c(Br)cc1Cl. The first-order valence-corrected chi connectivity index (χ1v) is 7.01. The monoisotopic (exact) mass is 378 g/mol. The van der Waals surface area contributed by atoms with Crippen molar-refractivity contribution in [2.75, 3.05) is 0 Å². The highest BCUT2D eigenvalue weighted by Gasteiger charge is 2.13. The van der Waals surface area contributed by atoms with Crippen LogP contribution in [0.15, 0.2) is 34.8 Å². The Kier molecular flexibility index (Phi) is 4.74. The lowest BCUT2D eigenvalue weighted by Crippen LogP contribution is -1.92. The fraction of sp³-hybridized carbons (Fsp3) is 0. The molecule has 2 rings (SSSR count). The number of carbonyl (C=O) groups is 1. The van der Waals surface area contributed by atoms with E-state index in [2.05, 4.69) is 15.9 Å². The predicted octanol–water partition coefficient (Wildman–Crippen LogP) is 6.01. The van der Waals surface area contributed by atoms with E-state index >= 15 is 0 Å². The van der Waals surface area contributed by atoms with Crippen molar-refractivity contribution in [2.45, 2.75) is 0 Å². The van der Waals surface area contributed by atoms with Gasteiger partial charge in [-0.1, -0.05) is 40.9 Å². The Labute approximate surface area is 133 Å². The normalized spacial score (nSPS) is 10.3. The number of halogens is 4. The third-order valence-corrected chi connectivity index (χ3v) is 4.10. The summed E-state index contributed by atoms with van der Waals surface area (Å²) < 4.78 is 6.25. The zero-order chi connectivity index (χ0) is 14.0. The van der Waals surface area contributed by atoms with Crippen molar-refractivity contribution < 1.29 is 9.53 Å². The van der Waals surface area contributed by atoms with Gasteiger partial charge in [-0.3, -0.25) is 4.79 Å².